The van der Waals surface area contributed by atoms with Crippen LogP contribution in [0.25, 0.3) is 0 Å². The molecular formula is C22H26N2O4S. The molecule has 0 radical (unpaired) electrons. The Kier molecular flexibility index (Phi) is 7.04. The molecule has 0 bridgehead atoms. The first-order valence-electron chi connectivity index (χ1n) is 9.94. The second kappa shape index (κ2) is 9.69. The zero-order chi connectivity index (χ0) is 20.8. The Hall–Kier alpha value is -2.67. The van der Waals surface area contributed by atoms with Crippen LogP contribution in [0.2, 0.25) is 0 Å². The number of ether oxygens (including phenoxy) is 1. The van der Waals surface area contributed by atoms with Gasteiger partial charge < -0.3 is 15.0 Å². The molecule has 1 aliphatic heterocycles. The van der Waals surface area contributed by atoms with Crippen molar-refractivity contribution in [3.63, 3.8) is 0 Å². The second-order valence-corrected chi connectivity index (χ2v) is 8.06. The molecule has 154 valence electrons. The van der Waals surface area contributed by atoms with Crippen LogP contribution < -0.4 is 5.32 Å². The summed E-state index contributed by atoms with van der Waals surface area (Å²) in [7, 11) is 0. The fourth-order valence-electron chi connectivity index (χ4n) is 3.45. The van der Waals surface area contributed by atoms with Crippen LogP contribution in [0.1, 0.15) is 57.3 Å². The third-order valence-electron chi connectivity index (χ3n) is 4.92. The van der Waals surface area contributed by atoms with Gasteiger partial charge in [-0.15, -0.1) is 11.3 Å². The standard InChI is InChI=1S/C22H26N2O4S/c1-3-28-22(27)18-15(2)19(21(26)24-12-8-5-9-13-24)29-20(18)23-17(25)14-16-10-6-4-7-11-16/h4,6-7,10-11H,3,5,8-9,12-14H2,1-2H3,(H,23,25). The van der Waals surface area contributed by atoms with Gasteiger partial charge in [0.15, 0.2) is 0 Å². The van der Waals surface area contributed by atoms with Gasteiger partial charge in [0.2, 0.25) is 5.91 Å². The smallest absolute Gasteiger partial charge is 0.341 e. The maximum Gasteiger partial charge on any atom is 0.341 e. The highest BCUT2D eigenvalue weighted by atomic mass is 32.1. The van der Waals surface area contributed by atoms with Gasteiger partial charge in [0.1, 0.15) is 5.00 Å². The minimum absolute atomic E-state index is 0.0821. The molecule has 2 aromatic rings. The quantitative estimate of drug-likeness (QED) is 0.724. The Bertz CT molecular complexity index is 886. The number of anilines is 1. The lowest BCUT2D eigenvalue weighted by atomic mass is 10.1. The normalized spacial score (nSPS) is 13.8. The number of rotatable bonds is 6. The van der Waals surface area contributed by atoms with Crippen LogP contribution >= 0.6 is 11.3 Å². The van der Waals surface area contributed by atoms with Crippen molar-refractivity contribution in [1.82, 2.24) is 4.90 Å². The first-order valence-corrected chi connectivity index (χ1v) is 10.8. The maximum absolute atomic E-state index is 13.0. The molecular weight excluding hydrogens is 388 g/mol. The average Bonchev–Trinajstić information content (AvgIpc) is 3.04. The van der Waals surface area contributed by atoms with Gasteiger partial charge in [0.05, 0.1) is 23.5 Å². The summed E-state index contributed by atoms with van der Waals surface area (Å²) >= 11 is 1.16. The molecule has 6 nitrogen and oxygen atoms in total. The van der Waals surface area contributed by atoms with Gasteiger partial charge in [-0.05, 0) is 44.2 Å². The summed E-state index contributed by atoms with van der Waals surface area (Å²) in [6.07, 6.45) is 3.29. The Balaban J connectivity index is 1.86. The van der Waals surface area contributed by atoms with E-state index in [0.717, 1.165) is 49.3 Å². The number of carbonyl (C=O) groups is 3. The highest BCUT2D eigenvalue weighted by molar-refractivity contribution is 7.18. The lowest BCUT2D eigenvalue weighted by Crippen LogP contribution is -2.35. The van der Waals surface area contributed by atoms with E-state index in [1.54, 1.807) is 13.8 Å². The molecule has 1 aliphatic rings. The maximum atomic E-state index is 13.0. The van der Waals surface area contributed by atoms with Gasteiger partial charge >= 0.3 is 5.97 Å². The van der Waals surface area contributed by atoms with Crippen molar-refractivity contribution in [1.29, 1.82) is 0 Å². The third kappa shape index (κ3) is 5.03. The fourth-order valence-corrected chi connectivity index (χ4v) is 4.63. The highest BCUT2D eigenvalue weighted by Crippen LogP contribution is 2.35. The molecule has 1 aromatic carbocycles. The van der Waals surface area contributed by atoms with Crippen molar-refractivity contribution in [2.24, 2.45) is 0 Å². The molecule has 0 saturated carbocycles. The molecule has 2 amide bonds. The third-order valence-corrected chi connectivity index (χ3v) is 6.12. The van der Waals surface area contributed by atoms with Crippen molar-refractivity contribution in [3.05, 3.63) is 51.9 Å². The summed E-state index contributed by atoms with van der Waals surface area (Å²) in [4.78, 5) is 40.4. The molecule has 2 heterocycles. The summed E-state index contributed by atoms with van der Waals surface area (Å²) in [5, 5.41) is 3.20. The Morgan fingerprint density at radius 3 is 2.45 bits per heavy atom. The number of nitrogens with zero attached hydrogens (tertiary/aromatic N) is 1. The average molecular weight is 415 g/mol. The molecule has 3 rings (SSSR count). The summed E-state index contributed by atoms with van der Waals surface area (Å²) in [5.74, 6) is -0.838. The minimum Gasteiger partial charge on any atom is -0.462 e. The molecule has 0 unspecified atom stereocenters. The summed E-state index contributed by atoms with van der Waals surface area (Å²) < 4.78 is 5.18. The molecule has 29 heavy (non-hydrogen) atoms. The van der Waals surface area contributed by atoms with E-state index in [4.69, 9.17) is 4.74 Å². The van der Waals surface area contributed by atoms with Crippen molar-refractivity contribution in [3.8, 4) is 0 Å². The van der Waals surface area contributed by atoms with Gasteiger partial charge in [-0.2, -0.15) is 0 Å². The Morgan fingerprint density at radius 1 is 1.10 bits per heavy atom. The van der Waals surface area contributed by atoms with E-state index in [-0.39, 0.29) is 30.4 Å². The van der Waals surface area contributed by atoms with Gasteiger partial charge in [0, 0.05) is 13.1 Å². The number of hydrogen-bond donors (Lipinski definition) is 1. The second-order valence-electron chi connectivity index (χ2n) is 7.04. The first kappa shape index (κ1) is 21.0. The molecule has 1 saturated heterocycles. The topological polar surface area (TPSA) is 75.7 Å². The molecule has 0 atom stereocenters. The predicted molar refractivity (Wildman–Crippen MR) is 114 cm³/mol. The lowest BCUT2D eigenvalue weighted by Gasteiger charge is -2.26. The zero-order valence-electron chi connectivity index (χ0n) is 16.8. The van der Waals surface area contributed by atoms with Gasteiger partial charge in [-0.3, -0.25) is 9.59 Å². The number of piperidine rings is 1. The van der Waals surface area contributed by atoms with Crippen molar-refractivity contribution >= 4 is 34.1 Å². The van der Waals surface area contributed by atoms with E-state index in [1.807, 2.05) is 35.2 Å². The zero-order valence-corrected chi connectivity index (χ0v) is 17.6. The van der Waals surface area contributed by atoms with Crippen LogP contribution in [0.5, 0.6) is 0 Å². The first-order chi connectivity index (χ1) is 14.0. The molecule has 7 heteroatoms. The summed E-state index contributed by atoms with van der Waals surface area (Å²) in [6.45, 7) is 5.14. The molecule has 0 aliphatic carbocycles. The van der Waals surface area contributed by atoms with Crippen LogP contribution in [0.3, 0.4) is 0 Å². The number of carbonyl (C=O) groups excluding carboxylic acids is 3. The van der Waals surface area contributed by atoms with Crippen LogP contribution in [0, 0.1) is 6.92 Å². The van der Waals surface area contributed by atoms with E-state index in [0.29, 0.717) is 15.4 Å². The van der Waals surface area contributed by atoms with E-state index < -0.39 is 5.97 Å². The molecule has 0 spiro atoms. The number of likely N-dealkylation sites (tertiary alicyclic amines) is 1. The van der Waals surface area contributed by atoms with Crippen LogP contribution in [0.15, 0.2) is 30.3 Å². The Morgan fingerprint density at radius 2 is 1.79 bits per heavy atom. The van der Waals surface area contributed by atoms with Gasteiger partial charge in [-0.25, -0.2) is 4.79 Å². The van der Waals surface area contributed by atoms with E-state index in [2.05, 4.69) is 5.32 Å². The monoisotopic (exact) mass is 414 g/mol. The Labute approximate surface area is 174 Å². The molecule has 1 aromatic heterocycles. The van der Waals surface area contributed by atoms with Crippen LogP contribution in [-0.4, -0.2) is 42.4 Å². The lowest BCUT2D eigenvalue weighted by molar-refractivity contribution is -0.115. The number of nitrogens with one attached hydrogen (secondary N) is 1. The van der Waals surface area contributed by atoms with Gasteiger partial charge in [-0.1, -0.05) is 30.3 Å². The van der Waals surface area contributed by atoms with E-state index >= 15 is 0 Å². The number of benzene rings is 1. The van der Waals surface area contributed by atoms with Crippen LogP contribution in [0.4, 0.5) is 5.00 Å². The largest absolute Gasteiger partial charge is 0.462 e. The number of amides is 2. The predicted octanol–water partition coefficient (Wildman–Crippen LogP) is 4.04. The highest BCUT2D eigenvalue weighted by Gasteiger charge is 2.29. The van der Waals surface area contributed by atoms with Gasteiger partial charge in [0.25, 0.3) is 5.91 Å². The van der Waals surface area contributed by atoms with E-state index in [1.165, 1.54) is 0 Å². The summed E-state index contributed by atoms with van der Waals surface area (Å²) in [6, 6.07) is 9.38. The van der Waals surface area contributed by atoms with Crippen LogP contribution in [-0.2, 0) is 16.0 Å². The van der Waals surface area contributed by atoms with E-state index in [9.17, 15) is 14.4 Å². The number of thiophene rings is 1. The van der Waals surface area contributed by atoms with Crippen molar-refractivity contribution < 1.29 is 19.1 Å². The summed E-state index contributed by atoms with van der Waals surface area (Å²) in [5.41, 5.74) is 1.72. The van der Waals surface area contributed by atoms with Crippen molar-refractivity contribution in [2.45, 2.75) is 39.5 Å². The number of esters is 1. The minimum atomic E-state index is -0.519. The number of hydrogen-bond acceptors (Lipinski definition) is 5. The van der Waals surface area contributed by atoms with Crippen molar-refractivity contribution in [2.75, 3.05) is 25.0 Å². The molecule has 1 N–H and O–H groups in total. The fraction of sp³-hybridized carbons (Fsp3) is 0.409. The SMILES string of the molecule is CCOC(=O)c1c(NC(=O)Cc2ccccc2)sc(C(=O)N2CCCCC2)c1C. The molecule has 1 fully saturated rings.